The van der Waals surface area contributed by atoms with E-state index in [-0.39, 0.29) is 11.9 Å². The van der Waals surface area contributed by atoms with E-state index in [4.69, 9.17) is 4.74 Å². The van der Waals surface area contributed by atoms with E-state index in [1.165, 1.54) is 0 Å². The van der Waals surface area contributed by atoms with Crippen LogP contribution in [0.2, 0.25) is 0 Å². The number of carbonyl (C=O) groups is 1. The Labute approximate surface area is 146 Å². The maximum absolute atomic E-state index is 13.1. The van der Waals surface area contributed by atoms with Gasteiger partial charge in [-0.05, 0) is 12.1 Å². The van der Waals surface area contributed by atoms with Crippen LogP contribution in [0.15, 0.2) is 42.7 Å². The SMILES string of the molecule is COC[C@@H]1Cc2c(ncn2C)CN1C(=O)c1ccc2ccccc2n1. The van der Waals surface area contributed by atoms with E-state index < -0.39 is 0 Å². The van der Waals surface area contributed by atoms with Gasteiger partial charge in [-0.25, -0.2) is 9.97 Å². The first kappa shape index (κ1) is 15.8. The van der Waals surface area contributed by atoms with Crippen LogP contribution in [-0.4, -0.2) is 45.1 Å². The third kappa shape index (κ3) is 2.78. The third-order valence-electron chi connectivity index (χ3n) is 4.77. The molecule has 0 N–H and O–H groups in total. The lowest BCUT2D eigenvalue weighted by atomic mass is 10.0. The molecule has 6 nitrogen and oxygen atoms in total. The van der Waals surface area contributed by atoms with Crippen molar-refractivity contribution in [3.8, 4) is 0 Å². The van der Waals surface area contributed by atoms with E-state index in [1.54, 1.807) is 19.5 Å². The van der Waals surface area contributed by atoms with Crippen molar-refractivity contribution in [2.24, 2.45) is 7.05 Å². The Balaban J connectivity index is 1.68. The van der Waals surface area contributed by atoms with Crippen molar-refractivity contribution >= 4 is 16.8 Å². The van der Waals surface area contributed by atoms with Gasteiger partial charge in [0, 0.05) is 31.7 Å². The van der Waals surface area contributed by atoms with Gasteiger partial charge in [0.05, 0.1) is 36.7 Å². The van der Waals surface area contributed by atoms with Crippen molar-refractivity contribution in [1.29, 1.82) is 0 Å². The average Bonchev–Trinajstić information content (AvgIpc) is 3.00. The third-order valence-corrected chi connectivity index (χ3v) is 4.77. The number of methoxy groups -OCH3 is 1. The van der Waals surface area contributed by atoms with E-state index in [1.807, 2.05) is 46.8 Å². The summed E-state index contributed by atoms with van der Waals surface area (Å²) >= 11 is 0. The summed E-state index contributed by atoms with van der Waals surface area (Å²) in [5.74, 6) is -0.0795. The minimum Gasteiger partial charge on any atom is -0.383 e. The topological polar surface area (TPSA) is 60.2 Å². The molecule has 0 radical (unpaired) electrons. The molecule has 1 aromatic carbocycles. The Morgan fingerprint density at radius 2 is 2.12 bits per heavy atom. The second-order valence-corrected chi connectivity index (χ2v) is 6.38. The van der Waals surface area contributed by atoms with E-state index >= 15 is 0 Å². The molecular weight excluding hydrogens is 316 g/mol. The van der Waals surface area contributed by atoms with Crippen LogP contribution in [0.1, 0.15) is 21.9 Å². The lowest BCUT2D eigenvalue weighted by Crippen LogP contribution is -2.47. The molecule has 1 aliphatic heterocycles. The number of ether oxygens (including phenoxy) is 1. The molecular formula is C19H20N4O2. The Morgan fingerprint density at radius 1 is 1.28 bits per heavy atom. The lowest BCUT2D eigenvalue weighted by molar-refractivity contribution is 0.0463. The van der Waals surface area contributed by atoms with E-state index in [0.717, 1.165) is 28.7 Å². The molecule has 0 saturated heterocycles. The lowest BCUT2D eigenvalue weighted by Gasteiger charge is -2.35. The smallest absolute Gasteiger partial charge is 0.273 e. The van der Waals surface area contributed by atoms with E-state index in [9.17, 15) is 4.79 Å². The molecule has 1 atom stereocenters. The molecule has 0 fully saturated rings. The Hall–Kier alpha value is -2.73. The van der Waals surface area contributed by atoms with Crippen LogP contribution in [0.4, 0.5) is 0 Å². The number of benzene rings is 1. The van der Waals surface area contributed by atoms with Gasteiger partial charge in [-0.2, -0.15) is 0 Å². The number of aryl methyl sites for hydroxylation is 1. The highest BCUT2D eigenvalue weighted by molar-refractivity contribution is 5.95. The van der Waals surface area contributed by atoms with Gasteiger partial charge in [-0.3, -0.25) is 4.79 Å². The second kappa shape index (κ2) is 6.29. The first-order valence-corrected chi connectivity index (χ1v) is 8.32. The molecule has 3 heterocycles. The Kier molecular flexibility index (Phi) is 3.97. The summed E-state index contributed by atoms with van der Waals surface area (Å²) in [6, 6.07) is 11.5. The number of para-hydroxylation sites is 1. The number of imidazole rings is 1. The van der Waals surface area contributed by atoms with Crippen molar-refractivity contribution in [2.45, 2.75) is 19.0 Å². The zero-order valence-electron chi connectivity index (χ0n) is 14.3. The van der Waals surface area contributed by atoms with Crippen LogP contribution >= 0.6 is 0 Å². The van der Waals surface area contributed by atoms with Gasteiger partial charge in [0.1, 0.15) is 5.69 Å². The number of nitrogens with zero attached hydrogens (tertiary/aromatic N) is 4. The number of amides is 1. The summed E-state index contributed by atoms with van der Waals surface area (Å²) in [6.45, 7) is 0.974. The van der Waals surface area contributed by atoms with Crippen molar-refractivity contribution in [1.82, 2.24) is 19.4 Å². The summed E-state index contributed by atoms with van der Waals surface area (Å²) in [5, 5.41) is 1.03. The standard InChI is InChI=1S/C19H20N4O2/c1-22-12-20-17-10-23(14(11-25-2)9-18(17)22)19(24)16-8-7-13-5-3-4-6-15(13)21-16/h3-8,12,14H,9-11H2,1-2H3/t14-/m0/s1. The van der Waals surface area contributed by atoms with Crippen LogP contribution in [0.5, 0.6) is 0 Å². The zero-order chi connectivity index (χ0) is 17.4. The normalized spacial score (nSPS) is 16.9. The van der Waals surface area contributed by atoms with Gasteiger partial charge in [0.15, 0.2) is 0 Å². The molecule has 0 bridgehead atoms. The van der Waals surface area contributed by atoms with Gasteiger partial charge < -0.3 is 14.2 Å². The fourth-order valence-corrected chi connectivity index (χ4v) is 3.43. The Morgan fingerprint density at radius 3 is 2.96 bits per heavy atom. The van der Waals surface area contributed by atoms with Gasteiger partial charge in [-0.1, -0.05) is 24.3 Å². The molecule has 4 rings (SSSR count). The maximum Gasteiger partial charge on any atom is 0.273 e. The molecule has 0 spiro atoms. The monoisotopic (exact) mass is 336 g/mol. The molecule has 1 amide bonds. The first-order chi connectivity index (χ1) is 12.2. The van der Waals surface area contributed by atoms with Crippen molar-refractivity contribution in [3.05, 3.63) is 59.8 Å². The highest BCUT2D eigenvalue weighted by Crippen LogP contribution is 2.24. The van der Waals surface area contributed by atoms with Crippen molar-refractivity contribution in [2.75, 3.05) is 13.7 Å². The molecule has 128 valence electrons. The number of carbonyl (C=O) groups excluding carboxylic acids is 1. The quantitative estimate of drug-likeness (QED) is 0.735. The Bertz CT molecular complexity index is 934. The van der Waals surface area contributed by atoms with Crippen molar-refractivity contribution in [3.63, 3.8) is 0 Å². The number of fused-ring (bicyclic) bond motifs is 2. The summed E-state index contributed by atoms with van der Waals surface area (Å²) < 4.78 is 7.38. The minimum atomic E-state index is -0.0795. The average molecular weight is 336 g/mol. The predicted octanol–water partition coefficient (Wildman–Crippen LogP) is 2.18. The van der Waals surface area contributed by atoms with Gasteiger partial charge >= 0.3 is 0 Å². The predicted molar refractivity (Wildman–Crippen MR) is 94.2 cm³/mol. The molecule has 1 aliphatic rings. The van der Waals surface area contributed by atoms with Crippen LogP contribution < -0.4 is 0 Å². The highest BCUT2D eigenvalue weighted by atomic mass is 16.5. The number of pyridine rings is 1. The molecule has 25 heavy (non-hydrogen) atoms. The zero-order valence-corrected chi connectivity index (χ0v) is 14.3. The summed E-state index contributed by atoms with van der Waals surface area (Å²) in [4.78, 5) is 23.9. The van der Waals surface area contributed by atoms with Crippen molar-refractivity contribution < 1.29 is 9.53 Å². The molecule has 6 heteroatoms. The fraction of sp³-hybridized carbons (Fsp3) is 0.316. The summed E-state index contributed by atoms with van der Waals surface area (Å²) in [7, 11) is 3.65. The fourth-order valence-electron chi connectivity index (χ4n) is 3.43. The molecule has 0 saturated carbocycles. The molecule has 0 unspecified atom stereocenters. The van der Waals surface area contributed by atoms with Crippen LogP contribution in [0.25, 0.3) is 10.9 Å². The maximum atomic E-state index is 13.1. The molecule has 2 aromatic heterocycles. The van der Waals surface area contributed by atoms with Crippen LogP contribution in [-0.2, 0) is 24.8 Å². The van der Waals surface area contributed by atoms with Gasteiger partial charge in [0.2, 0.25) is 0 Å². The van der Waals surface area contributed by atoms with Crippen LogP contribution in [0, 0.1) is 0 Å². The largest absolute Gasteiger partial charge is 0.383 e. The highest BCUT2D eigenvalue weighted by Gasteiger charge is 2.33. The minimum absolute atomic E-state index is 0.0197. The second-order valence-electron chi connectivity index (χ2n) is 6.38. The first-order valence-electron chi connectivity index (χ1n) is 8.32. The van der Waals surface area contributed by atoms with Gasteiger partial charge in [-0.15, -0.1) is 0 Å². The molecule has 0 aliphatic carbocycles. The number of hydrogen-bond donors (Lipinski definition) is 0. The summed E-state index contributed by atoms with van der Waals surface area (Å²) in [5.41, 5.74) is 3.40. The van der Waals surface area contributed by atoms with Crippen LogP contribution in [0.3, 0.4) is 0 Å². The van der Waals surface area contributed by atoms with E-state index in [2.05, 4.69) is 9.97 Å². The molecule has 3 aromatic rings. The number of rotatable bonds is 3. The summed E-state index contributed by atoms with van der Waals surface area (Å²) in [6.07, 6.45) is 2.54. The number of hydrogen-bond acceptors (Lipinski definition) is 4. The number of aromatic nitrogens is 3. The van der Waals surface area contributed by atoms with E-state index in [0.29, 0.717) is 18.8 Å². The van der Waals surface area contributed by atoms with Gasteiger partial charge in [0.25, 0.3) is 5.91 Å².